The summed E-state index contributed by atoms with van der Waals surface area (Å²) in [6.45, 7) is 5.46. The minimum atomic E-state index is 0.0305. The van der Waals surface area contributed by atoms with Crippen LogP contribution in [0.3, 0.4) is 0 Å². The summed E-state index contributed by atoms with van der Waals surface area (Å²) in [5.74, 6) is 0. The van der Waals surface area contributed by atoms with Crippen molar-refractivity contribution < 1.29 is 0 Å². The molecule has 2 fully saturated rings. The molecule has 2 aromatic heterocycles. The summed E-state index contributed by atoms with van der Waals surface area (Å²) in [6.07, 6.45) is 6.69. The maximum absolute atomic E-state index is 12.1. The molecule has 0 saturated carbocycles. The summed E-state index contributed by atoms with van der Waals surface area (Å²) >= 11 is 3.50. The molecule has 0 unspecified atom stereocenters. The molecule has 2 aliphatic heterocycles. The average molecular weight is 351 g/mol. The second kappa shape index (κ2) is 6.55. The van der Waals surface area contributed by atoms with Crippen molar-refractivity contribution in [1.29, 1.82) is 0 Å². The van der Waals surface area contributed by atoms with Crippen LogP contribution < -0.4 is 5.56 Å². The van der Waals surface area contributed by atoms with E-state index in [1.165, 1.54) is 37.3 Å². The average Bonchev–Trinajstić information content (AvgIpc) is 3.27. The highest BCUT2D eigenvalue weighted by atomic mass is 32.2. The highest BCUT2D eigenvalue weighted by Crippen LogP contribution is 2.28. The van der Waals surface area contributed by atoms with E-state index in [1.807, 2.05) is 17.1 Å². The zero-order valence-electron chi connectivity index (χ0n) is 13.4. The molecule has 4 heterocycles. The van der Waals surface area contributed by atoms with Crippen molar-refractivity contribution in [2.24, 2.45) is 0 Å². The second-order valence-corrected chi connectivity index (χ2v) is 8.37. The van der Waals surface area contributed by atoms with E-state index in [-0.39, 0.29) is 5.56 Å². The summed E-state index contributed by atoms with van der Waals surface area (Å²) in [6, 6.07) is 2.34. The Morgan fingerprint density at radius 1 is 1.35 bits per heavy atom. The number of hydrogen-bond acceptors (Lipinski definition) is 6. The predicted molar refractivity (Wildman–Crippen MR) is 96.5 cm³/mol. The molecule has 0 N–H and O–H groups in total. The van der Waals surface area contributed by atoms with Gasteiger partial charge in [-0.15, -0.1) is 11.3 Å². The first-order chi connectivity index (χ1) is 11.2. The zero-order chi connectivity index (χ0) is 15.8. The van der Waals surface area contributed by atoms with Crippen molar-refractivity contribution in [3.8, 4) is 0 Å². The summed E-state index contributed by atoms with van der Waals surface area (Å²) in [4.78, 5) is 22.7. The van der Waals surface area contributed by atoms with Crippen LogP contribution in [0.15, 0.2) is 22.4 Å². The molecule has 0 bridgehead atoms. The minimum Gasteiger partial charge on any atom is -0.298 e. The van der Waals surface area contributed by atoms with Gasteiger partial charge in [0.05, 0.1) is 5.69 Å². The number of thiazole rings is 1. The Labute approximate surface area is 144 Å². The first kappa shape index (κ1) is 15.6. The standard InChI is InChI=1S/C16H22N4OS2/c1-22-14-11-18(10-13(14)19-4-2-3-5-19)9-12-8-15(21)20-6-7-23-16(20)17-12/h6-8,13-14H,2-5,9-11H2,1H3/t13-,14+/m0/s1. The van der Waals surface area contributed by atoms with E-state index in [0.29, 0.717) is 11.3 Å². The van der Waals surface area contributed by atoms with Crippen molar-refractivity contribution in [3.63, 3.8) is 0 Å². The maximum Gasteiger partial charge on any atom is 0.258 e. The van der Waals surface area contributed by atoms with Gasteiger partial charge in [0.1, 0.15) is 0 Å². The number of thioether (sulfide) groups is 1. The van der Waals surface area contributed by atoms with Crippen molar-refractivity contribution >= 4 is 28.1 Å². The van der Waals surface area contributed by atoms with E-state index in [4.69, 9.17) is 0 Å². The second-order valence-electron chi connectivity index (χ2n) is 6.42. The van der Waals surface area contributed by atoms with E-state index < -0.39 is 0 Å². The lowest BCUT2D eigenvalue weighted by atomic mass is 10.2. The summed E-state index contributed by atoms with van der Waals surface area (Å²) in [7, 11) is 0. The van der Waals surface area contributed by atoms with E-state index in [9.17, 15) is 4.79 Å². The summed E-state index contributed by atoms with van der Waals surface area (Å²) in [5, 5.41) is 2.58. The number of likely N-dealkylation sites (tertiary alicyclic amines) is 2. The number of nitrogens with zero attached hydrogens (tertiary/aromatic N) is 4. The number of aromatic nitrogens is 2. The molecular formula is C16H22N4OS2. The summed E-state index contributed by atoms with van der Waals surface area (Å²) < 4.78 is 1.62. The Bertz CT molecular complexity index is 737. The number of rotatable bonds is 4. The van der Waals surface area contributed by atoms with Crippen LogP contribution in [-0.4, -0.2) is 62.9 Å². The minimum absolute atomic E-state index is 0.0305. The molecule has 4 rings (SSSR count). The number of hydrogen-bond donors (Lipinski definition) is 0. The van der Waals surface area contributed by atoms with E-state index in [1.54, 1.807) is 16.7 Å². The van der Waals surface area contributed by atoms with Gasteiger partial charge in [0.15, 0.2) is 4.96 Å². The molecule has 0 aromatic carbocycles. The third kappa shape index (κ3) is 3.07. The highest BCUT2D eigenvalue weighted by molar-refractivity contribution is 7.99. The van der Waals surface area contributed by atoms with Crippen LogP contribution in [0.5, 0.6) is 0 Å². The van der Waals surface area contributed by atoms with Crippen molar-refractivity contribution in [2.45, 2.75) is 30.7 Å². The van der Waals surface area contributed by atoms with Gasteiger partial charge >= 0.3 is 0 Å². The molecular weight excluding hydrogens is 328 g/mol. The van der Waals surface area contributed by atoms with Crippen molar-refractivity contribution in [3.05, 3.63) is 33.7 Å². The molecule has 0 aliphatic carbocycles. The van der Waals surface area contributed by atoms with Crippen LogP contribution in [0.2, 0.25) is 0 Å². The monoisotopic (exact) mass is 350 g/mol. The fourth-order valence-electron chi connectivity index (χ4n) is 3.82. The SMILES string of the molecule is CS[C@@H]1CN(Cc2cc(=O)n3ccsc3n2)C[C@@H]1N1CCCC1. The maximum atomic E-state index is 12.1. The van der Waals surface area contributed by atoms with Gasteiger partial charge in [-0.1, -0.05) is 0 Å². The Hall–Kier alpha value is -0.890. The van der Waals surface area contributed by atoms with Crippen molar-refractivity contribution in [2.75, 3.05) is 32.4 Å². The van der Waals surface area contributed by atoms with Crippen LogP contribution >= 0.6 is 23.1 Å². The normalized spacial score (nSPS) is 26.5. The quantitative estimate of drug-likeness (QED) is 0.841. The van der Waals surface area contributed by atoms with E-state index >= 15 is 0 Å². The van der Waals surface area contributed by atoms with Gasteiger partial charge in [-0.25, -0.2) is 4.98 Å². The fraction of sp³-hybridized carbons (Fsp3) is 0.625. The van der Waals surface area contributed by atoms with Gasteiger partial charge in [0.25, 0.3) is 5.56 Å². The molecule has 0 radical (unpaired) electrons. The van der Waals surface area contributed by atoms with E-state index in [0.717, 1.165) is 30.3 Å². The van der Waals surface area contributed by atoms with Crippen LogP contribution in [0.1, 0.15) is 18.5 Å². The molecule has 5 nitrogen and oxygen atoms in total. The topological polar surface area (TPSA) is 40.9 Å². The predicted octanol–water partition coefficient (Wildman–Crippen LogP) is 1.77. The lowest BCUT2D eigenvalue weighted by molar-refractivity contribution is 0.230. The lowest BCUT2D eigenvalue weighted by Crippen LogP contribution is -2.40. The smallest absolute Gasteiger partial charge is 0.258 e. The van der Waals surface area contributed by atoms with Gasteiger partial charge in [0, 0.05) is 48.6 Å². The third-order valence-electron chi connectivity index (χ3n) is 4.97. The van der Waals surface area contributed by atoms with Crippen LogP contribution in [0.25, 0.3) is 4.96 Å². The molecule has 2 aliphatic rings. The molecule has 0 amide bonds. The van der Waals surface area contributed by atoms with Gasteiger partial charge in [-0.2, -0.15) is 11.8 Å². The van der Waals surface area contributed by atoms with Crippen molar-refractivity contribution in [1.82, 2.24) is 19.2 Å². The first-order valence-corrected chi connectivity index (χ1v) is 10.4. The van der Waals surface area contributed by atoms with Crippen LogP contribution in [-0.2, 0) is 6.54 Å². The largest absolute Gasteiger partial charge is 0.298 e. The molecule has 124 valence electrons. The zero-order valence-corrected chi connectivity index (χ0v) is 15.0. The molecule has 7 heteroatoms. The van der Waals surface area contributed by atoms with Gasteiger partial charge in [-0.3, -0.25) is 19.0 Å². The third-order valence-corrected chi connectivity index (χ3v) is 6.79. The molecule has 23 heavy (non-hydrogen) atoms. The lowest BCUT2D eigenvalue weighted by Gasteiger charge is -2.27. The molecule has 0 spiro atoms. The number of fused-ring (bicyclic) bond motifs is 1. The molecule has 2 aromatic rings. The Morgan fingerprint density at radius 3 is 2.96 bits per heavy atom. The Kier molecular flexibility index (Phi) is 4.45. The Morgan fingerprint density at radius 2 is 2.17 bits per heavy atom. The van der Waals surface area contributed by atoms with Gasteiger partial charge in [-0.05, 0) is 32.2 Å². The van der Waals surface area contributed by atoms with Gasteiger partial charge < -0.3 is 0 Å². The molecule has 2 saturated heterocycles. The van der Waals surface area contributed by atoms with E-state index in [2.05, 4.69) is 21.0 Å². The first-order valence-electron chi connectivity index (χ1n) is 8.19. The van der Waals surface area contributed by atoms with Gasteiger partial charge in [0.2, 0.25) is 0 Å². The fourth-order valence-corrected chi connectivity index (χ4v) is 5.49. The Balaban J connectivity index is 1.50. The van der Waals surface area contributed by atoms with Crippen LogP contribution in [0.4, 0.5) is 0 Å². The highest BCUT2D eigenvalue weighted by Gasteiger charge is 2.37. The molecule has 2 atom stereocenters. The van der Waals surface area contributed by atoms with Crippen LogP contribution in [0, 0.1) is 0 Å². The summed E-state index contributed by atoms with van der Waals surface area (Å²) in [5.41, 5.74) is 0.933.